The van der Waals surface area contributed by atoms with Crippen molar-refractivity contribution in [1.29, 1.82) is 0 Å². The van der Waals surface area contributed by atoms with Gasteiger partial charge in [0.25, 0.3) is 0 Å². The second kappa shape index (κ2) is 5.70. The van der Waals surface area contributed by atoms with Crippen LogP contribution in [0.1, 0.15) is 19.8 Å². The van der Waals surface area contributed by atoms with Crippen LogP contribution in [0.15, 0.2) is 0 Å². The van der Waals surface area contributed by atoms with Crippen molar-refractivity contribution in [2.24, 2.45) is 0 Å². The summed E-state index contributed by atoms with van der Waals surface area (Å²) in [5.41, 5.74) is 0. The zero-order chi connectivity index (χ0) is 9.61. The first-order valence-corrected chi connectivity index (χ1v) is 4.58. The molecule has 1 heterocycles. The van der Waals surface area contributed by atoms with Crippen LogP contribution in [0, 0.1) is 0 Å². The van der Waals surface area contributed by atoms with E-state index in [1.807, 2.05) is 0 Å². The van der Waals surface area contributed by atoms with Crippen LogP contribution in [0.25, 0.3) is 0 Å². The summed E-state index contributed by atoms with van der Waals surface area (Å²) < 4.78 is 30.5. The van der Waals surface area contributed by atoms with Crippen LogP contribution in [0.5, 0.6) is 0 Å². The van der Waals surface area contributed by atoms with Gasteiger partial charge in [0, 0.05) is 12.8 Å². The Labute approximate surface area is 75.8 Å². The fourth-order valence-corrected chi connectivity index (χ4v) is 1.23. The van der Waals surface area contributed by atoms with Gasteiger partial charge in [-0.2, -0.15) is 0 Å². The lowest BCUT2D eigenvalue weighted by Crippen LogP contribution is -3.09. The molecule has 0 radical (unpaired) electrons. The van der Waals surface area contributed by atoms with Crippen molar-refractivity contribution in [3.8, 4) is 0 Å². The summed E-state index contributed by atoms with van der Waals surface area (Å²) in [5.74, 6) is 0. The molecule has 1 rings (SSSR count). The highest BCUT2D eigenvalue weighted by molar-refractivity contribution is 7.08. The van der Waals surface area contributed by atoms with E-state index in [0.29, 0.717) is 0 Å². The van der Waals surface area contributed by atoms with Crippen molar-refractivity contribution in [3.63, 3.8) is 0 Å². The SMILES string of the molecule is CC[NH+]1CCCC1.F[B-](F)(F)Cl. The number of quaternary nitrogens is 1. The molecule has 12 heavy (non-hydrogen) atoms. The van der Waals surface area contributed by atoms with Crippen molar-refractivity contribution < 1.29 is 17.8 Å². The third-order valence-electron chi connectivity index (χ3n) is 1.81. The molecule has 0 saturated carbocycles. The van der Waals surface area contributed by atoms with E-state index in [1.165, 1.54) is 32.5 Å². The van der Waals surface area contributed by atoms with Gasteiger partial charge in [0.2, 0.25) is 0 Å². The summed E-state index contributed by atoms with van der Waals surface area (Å²) in [5, 5.41) is 0. The Bertz CT molecular complexity index is 108. The number of hydrogen-bond acceptors (Lipinski definition) is 0. The monoisotopic (exact) mass is 203 g/mol. The molecule has 1 N–H and O–H groups in total. The van der Waals surface area contributed by atoms with E-state index in [0.717, 1.165) is 0 Å². The van der Waals surface area contributed by atoms with Gasteiger partial charge in [-0.15, -0.1) is 0 Å². The van der Waals surface area contributed by atoms with Gasteiger partial charge in [0.1, 0.15) is 0 Å². The van der Waals surface area contributed by atoms with Crippen LogP contribution in [-0.4, -0.2) is 26.0 Å². The summed E-state index contributed by atoms with van der Waals surface area (Å²) >= 11 is 3.59. The molecule has 0 aromatic carbocycles. The van der Waals surface area contributed by atoms with Gasteiger partial charge in [0.15, 0.2) is 0 Å². The van der Waals surface area contributed by atoms with E-state index in [-0.39, 0.29) is 0 Å². The smallest absolute Gasteiger partial charge is 0.435 e. The quantitative estimate of drug-likeness (QED) is 0.612. The standard InChI is InChI=1S/C6H13N.BClF3/c1-2-7-5-3-4-6-7;2-1(3,4)5/h2-6H2,1H3;/q;-1/p+1. The Hall–Kier alpha value is 0.105. The van der Waals surface area contributed by atoms with E-state index in [2.05, 4.69) is 18.4 Å². The van der Waals surface area contributed by atoms with Crippen molar-refractivity contribution in [2.45, 2.75) is 19.8 Å². The van der Waals surface area contributed by atoms with Crippen molar-refractivity contribution in [2.75, 3.05) is 19.6 Å². The number of halogens is 4. The maximum absolute atomic E-state index is 10.2. The Morgan fingerprint density at radius 1 is 1.25 bits per heavy atom. The molecule has 0 aromatic rings. The average Bonchev–Trinajstić information content (AvgIpc) is 2.33. The Morgan fingerprint density at radius 3 is 1.75 bits per heavy atom. The normalized spacial score (nSPS) is 18.8. The first-order valence-electron chi connectivity index (χ1n) is 4.14. The lowest BCUT2D eigenvalue weighted by Gasteiger charge is -2.05. The largest absolute Gasteiger partial charge is 0.576 e. The molecule has 0 atom stereocenters. The molecule has 1 fully saturated rings. The molecule has 1 aliphatic rings. The summed E-state index contributed by atoms with van der Waals surface area (Å²) in [4.78, 5) is 1.79. The van der Waals surface area contributed by atoms with Crippen LogP contribution >= 0.6 is 11.5 Å². The highest BCUT2D eigenvalue weighted by Crippen LogP contribution is 2.11. The second-order valence-electron chi connectivity index (χ2n) is 2.81. The van der Waals surface area contributed by atoms with Gasteiger partial charge >= 0.3 is 6.39 Å². The minimum atomic E-state index is -5.03. The molecule has 0 aliphatic carbocycles. The fourth-order valence-electron chi connectivity index (χ4n) is 1.23. The zero-order valence-corrected chi connectivity index (χ0v) is 7.88. The van der Waals surface area contributed by atoms with Crippen LogP contribution in [0.2, 0.25) is 0 Å². The molecule has 74 valence electrons. The molecule has 1 nitrogen and oxygen atoms in total. The van der Waals surface area contributed by atoms with Crippen LogP contribution in [0.4, 0.5) is 12.9 Å². The number of rotatable bonds is 1. The van der Waals surface area contributed by atoms with E-state index >= 15 is 0 Å². The fraction of sp³-hybridized carbons (Fsp3) is 1.00. The van der Waals surface area contributed by atoms with E-state index in [4.69, 9.17) is 0 Å². The van der Waals surface area contributed by atoms with E-state index in [9.17, 15) is 12.9 Å². The number of likely N-dealkylation sites (tertiary alicyclic amines) is 1. The third kappa shape index (κ3) is 10.1. The molecule has 0 bridgehead atoms. The van der Waals surface area contributed by atoms with Gasteiger partial charge in [0.05, 0.1) is 19.6 Å². The minimum absolute atomic E-state index is 1.33. The number of nitrogens with one attached hydrogen (secondary N) is 1. The second-order valence-corrected chi connectivity index (χ2v) is 3.30. The van der Waals surface area contributed by atoms with Gasteiger partial charge in [-0.1, -0.05) is 0 Å². The van der Waals surface area contributed by atoms with Crippen LogP contribution < -0.4 is 4.90 Å². The van der Waals surface area contributed by atoms with Crippen molar-refractivity contribution in [1.82, 2.24) is 0 Å². The zero-order valence-electron chi connectivity index (χ0n) is 7.12. The van der Waals surface area contributed by atoms with Gasteiger partial charge < -0.3 is 17.8 Å². The highest BCUT2D eigenvalue weighted by Gasteiger charge is 2.15. The average molecular weight is 203 g/mol. The molecule has 0 unspecified atom stereocenters. The topological polar surface area (TPSA) is 4.44 Å². The van der Waals surface area contributed by atoms with E-state index in [1.54, 1.807) is 4.90 Å². The molecular weight excluding hydrogens is 189 g/mol. The number of hydrogen-bond donors (Lipinski definition) is 1. The van der Waals surface area contributed by atoms with Gasteiger partial charge in [-0.05, 0) is 6.92 Å². The predicted octanol–water partition coefficient (Wildman–Crippen LogP) is 1.25. The lowest BCUT2D eigenvalue weighted by molar-refractivity contribution is -0.885. The molecule has 0 aromatic heterocycles. The molecule has 1 aliphatic heterocycles. The summed E-state index contributed by atoms with van der Waals surface area (Å²) in [6, 6.07) is 0. The Morgan fingerprint density at radius 2 is 1.58 bits per heavy atom. The first kappa shape index (κ1) is 12.1. The summed E-state index contributed by atoms with van der Waals surface area (Å²) in [6.07, 6.45) is -2.10. The maximum Gasteiger partial charge on any atom is 0.576 e. The van der Waals surface area contributed by atoms with Crippen molar-refractivity contribution >= 4 is 17.9 Å². The summed E-state index contributed by atoms with van der Waals surface area (Å²) in [6.45, 7) is 6.45. The molecule has 1 saturated heterocycles. The van der Waals surface area contributed by atoms with Crippen LogP contribution in [0.3, 0.4) is 0 Å². The van der Waals surface area contributed by atoms with Gasteiger partial charge in [-0.25, -0.2) is 0 Å². The molecule has 0 amide bonds. The Balaban J connectivity index is 0.000000217. The minimum Gasteiger partial charge on any atom is -0.435 e. The Kier molecular flexibility index (Phi) is 5.75. The summed E-state index contributed by atoms with van der Waals surface area (Å²) in [7, 11) is 0. The highest BCUT2D eigenvalue weighted by atomic mass is 35.5. The lowest BCUT2D eigenvalue weighted by atomic mass is 10.4. The third-order valence-corrected chi connectivity index (χ3v) is 1.81. The van der Waals surface area contributed by atoms with Crippen molar-refractivity contribution in [3.05, 3.63) is 0 Å². The molecular formula is C6H14BClF3N. The van der Waals surface area contributed by atoms with E-state index < -0.39 is 6.39 Å². The van der Waals surface area contributed by atoms with Crippen LogP contribution in [-0.2, 0) is 0 Å². The van der Waals surface area contributed by atoms with Gasteiger partial charge in [-0.3, -0.25) is 11.5 Å². The maximum atomic E-state index is 10.2. The predicted molar refractivity (Wildman–Crippen MR) is 45.4 cm³/mol. The first-order chi connectivity index (χ1) is 5.43. The molecule has 6 heteroatoms. The molecule has 0 spiro atoms.